The minimum absolute atomic E-state index is 0.117. The van der Waals surface area contributed by atoms with Crippen LogP contribution in [0, 0.1) is 0 Å². The molecule has 1 aliphatic rings. The van der Waals surface area contributed by atoms with Gasteiger partial charge in [-0.25, -0.2) is 0 Å². The molecule has 0 unspecified atom stereocenters. The highest BCUT2D eigenvalue weighted by atomic mass is 16.4. The van der Waals surface area contributed by atoms with Crippen LogP contribution in [-0.2, 0) is 11.3 Å². The largest absolute Gasteiger partial charge is 0.481 e. The fourth-order valence-corrected chi connectivity index (χ4v) is 3.24. The number of nitrogens with two attached hydrogens (primary N) is 1. The van der Waals surface area contributed by atoms with Crippen molar-refractivity contribution < 1.29 is 19.5 Å². The quantitative estimate of drug-likeness (QED) is 0.868. The first-order chi connectivity index (χ1) is 11.5. The van der Waals surface area contributed by atoms with Crippen LogP contribution in [-0.4, -0.2) is 39.6 Å². The molecule has 1 aromatic heterocycles. The van der Waals surface area contributed by atoms with Crippen LogP contribution in [0.2, 0.25) is 0 Å². The number of aryl methyl sites for hydroxylation is 1. The molecule has 2 aromatic rings. The zero-order valence-corrected chi connectivity index (χ0v) is 13.2. The number of ketones is 1. The van der Waals surface area contributed by atoms with Crippen molar-refractivity contribution in [3.05, 3.63) is 35.0 Å². The van der Waals surface area contributed by atoms with Crippen LogP contribution in [0.5, 0.6) is 0 Å². The number of carbonyl (C=O) groups excluding carboxylic acids is 2. The third-order valence-electron chi connectivity index (χ3n) is 4.09. The van der Waals surface area contributed by atoms with E-state index in [0.29, 0.717) is 34.4 Å². The van der Waals surface area contributed by atoms with Gasteiger partial charge < -0.3 is 15.4 Å². The van der Waals surface area contributed by atoms with E-state index >= 15 is 0 Å². The summed E-state index contributed by atoms with van der Waals surface area (Å²) in [4.78, 5) is 39.6. The zero-order chi connectivity index (χ0) is 17.4. The number of carboxylic acids is 1. The number of aliphatic imine (C=N–C) groups is 1. The molecule has 3 N–H and O–H groups in total. The Morgan fingerprint density at radius 1 is 1.38 bits per heavy atom. The Kier molecular flexibility index (Phi) is 3.92. The van der Waals surface area contributed by atoms with Crippen LogP contribution < -0.4 is 5.73 Å². The van der Waals surface area contributed by atoms with Crippen molar-refractivity contribution in [1.29, 1.82) is 0 Å². The number of rotatable bonds is 5. The summed E-state index contributed by atoms with van der Waals surface area (Å²) in [6.07, 6.45) is 0.512. The number of aliphatic carboxylic acids is 1. The first kappa shape index (κ1) is 15.9. The molecule has 0 radical (unpaired) electrons. The van der Waals surface area contributed by atoms with E-state index < -0.39 is 11.9 Å². The van der Waals surface area contributed by atoms with Crippen molar-refractivity contribution in [2.24, 2.45) is 10.7 Å². The molecular formula is C17H17N3O4. The average molecular weight is 327 g/mol. The van der Waals surface area contributed by atoms with E-state index in [1.165, 1.54) is 0 Å². The summed E-state index contributed by atoms with van der Waals surface area (Å²) < 4.78 is 1.87. The Hall–Kier alpha value is -2.96. The minimum Gasteiger partial charge on any atom is -0.481 e. The molecule has 0 bridgehead atoms. The summed E-state index contributed by atoms with van der Waals surface area (Å²) in [6.45, 7) is 2.45. The molecule has 7 heteroatoms. The lowest BCUT2D eigenvalue weighted by atomic mass is 9.96. The highest BCUT2D eigenvalue weighted by Gasteiger charge is 2.31. The fourth-order valence-electron chi connectivity index (χ4n) is 3.24. The maximum absolute atomic E-state index is 12.5. The number of benzene rings is 1. The van der Waals surface area contributed by atoms with Gasteiger partial charge in [0.25, 0.3) is 0 Å². The standard InChI is InChI=1S/C17H17N3O4/c1-2-6-20-11-5-3-4-9(17(18)24)14(11)15-12(21)8-19-10(16(15)20)7-13(22)23/h3-5H,2,6-8H2,1H3,(H2,18,24)(H,22,23). The van der Waals surface area contributed by atoms with Gasteiger partial charge in [-0.1, -0.05) is 13.0 Å². The van der Waals surface area contributed by atoms with Crippen LogP contribution in [0.4, 0.5) is 0 Å². The van der Waals surface area contributed by atoms with Crippen LogP contribution in [0.15, 0.2) is 23.2 Å². The normalized spacial score (nSPS) is 13.7. The number of hydrogen-bond acceptors (Lipinski definition) is 4. The SMILES string of the molecule is CCCn1c2c(c3c(C(N)=O)cccc31)C(=O)CN=C2CC(=O)O. The second kappa shape index (κ2) is 5.92. The van der Waals surface area contributed by atoms with Gasteiger partial charge in [0, 0.05) is 17.5 Å². The summed E-state index contributed by atoms with van der Waals surface area (Å²) >= 11 is 0. The van der Waals surface area contributed by atoms with Gasteiger partial charge >= 0.3 is 5.97 Å². The van der Waals surface area contributed by atoms with Crippen LogP contribution >= 0.6 is 0 Å². The summed E-state index contributed by atoms with van der Waals surface area (Å²) in [5, 5.41) is 9.64. The highest BCUT2D eigenvalue weighted by molar-refractivity contribution is 6.26. The lowest BCUT2D eigenvalue weighted by molar-refractivity contribution is -0.135. The van der Waals surface area contributed by atoms with Gasteiger partial charge in [0.2, 0.25) is 5.91 Å². The molecule has 0 aliphatic carbocycles. The first-order valence-corrected chi connectivity index (χ1v) is 7.69. The van der Waals surface area contributed by atoms with Gasteiger partial charge in [-0.2, -0.15) is 0 Å². The number of carboxylic acid groups (broad SMARTS) is 1. The topological polar surface area (TPSA) is 115 Å². The van der Waals surface area contributed by atoms with E-state index in [4.69, 9.17) is 10.8 Å². The molecule has 2 heterocycles. The van der Waals surface area contributed by atoms with E-state index in [0.717, 1.165) is 6.42 Å². The van der Waals surface area contributed by atoms with E-state index in [1.54, 1.807) is 18.2 Å². The van der Waals surface area contributed by atoms with Gasteiger partial charge in [-0.15, -0.1) is 0 Å². The smallest absolute Gasteiger partial charge is 0.309 e. The van der Waals surface area contributed by atoms with Gasteiger partial charge in [-0.3, -0.25) is 19.4 Å². The molecular weight excluding hydrogens is 310 g/mol. The zero-order valence-electron chi connectivity index (χ0n) is 13.2. The molecule has 1 aromatic carbocycles. The number of amides is 1. The lowest BCUT2D eigenvalue weighted by Crippen LogP contribution is -2.23. The molecule has 1 aliphatic heterocycles. The lowest BCUT2D eigenvalue weighted by Gasteiger charge is -2.15. The third-order valence-corrected chi connectivity index (χ3v) is 4.09. The first-order valence-electron chi connectivity index (χ1n) is 7.69. The molecule has 1 amide bonds. The van der Waals surface area contributed by atoms with Gasteiger partial charge in [0.1, 0.15) is 6.54 Å². The van der Waals surface area contributed by atoms with E-state index in [-0.39, 0.29) is 24.3 Å². The maximum Gasteiger partial charge on any atom is 0.309 e. The molecule has 0 atom stereocenters. The monoisotopic (exact) mass is 327 g/mol. The Labute approximate surface area is 137 Å². The molecule has 0 saturated heterocycles. The second-order valence-corrected chi connectivity index (χ2v) is 5.70. The summed E-state index contributed by atoms with van der Waals surface area (Å²) in [5.41, 5.74) is 7.66. The fraction of sp³-hybridized carbons (Fsp3) is 0.294. The summed E-state index contributed by atoms with van der Waals surface area (Å²) in [5.74, 6) is -1.86. The molecule has 0 spiro atoms. The van der Waals surface area contributed by atoms with Crippen molar-refractivity contribution in [1.82, 2.24) is 4.57 Å². The predicted octanol–water partition coefficient (Wildman–Crippen LogP) is 1.61. The van der Waals surface area contributed by atoms with Crippen LogP contribution in [0.25, 0.3) is 10.9 Å². The molecule has 24 heavy (non-hydrogen) atoms. The van der Waals surface area contributed by atoms with Crippen LogP contribution in [0.1, 0.15) is 46.2 Å². The molecule has 0 saturated carbocycles. The van der Waals surface area contributed by atoms with Crippen molar-refractivity contribution >= 4 is 34.3 Å². The second-order valence-electron chi connectivity index (χ2n) is 5.70. The van der Waals surface area contributed by atoms with Crippen molar-refractivity contribution in [3.63, 3.8) is 0 Å². The predicted molar refractivity (Wildman–Crippen MR) is 88.7 cm³/mol. The minimum atomic E-state index is -1.02. The number of aromatic nitrogens is 1. The summed E-state index contributed by atoms with van der Waals surface area (Å²) in [7, 11) is 0. The van der Waals surface area contributed by atoms with Crippen LogP contribution in [0.3, 0.4) is 0 Å². The number of primary amides is 1. The molecule has 0 fully saturated rings. The molecule has 7 nitrogen and oxygen atoms in total. The highest BCUT2D eigenvalue weighted by Crippen LogP contribution is 2.33. The Morgan fingerprint density at radius 2 is 2.12 bits per heavy atom. The Morgan fingerprint density at radius 3 is 2.75 bits per heavy atom. The Balaban J connectivity index is 2.42. The molecule has 124 valence electrons. The number of carbonyl (C=O) groups is 3. The summed E-state index contributed by atoms with van der Waals surface area (Å²) in [6, 6.07) is 5.09. The van der Waals surface area contributed by atoms with Gasteiger partial charge in [0.15, 0.2) is 5.78 Å². The maximum atomic E-state index is 12.5. The van der Waals surface area contributed by atoms with E-state index in [2.05, 4.69) is 4.99 Å². The number of Topliss-reactive ketones (excluding diaryl/α,β-unsaturated/α-hetero) is 1. The van der Waals surface area contributed by atoms with E-state index in [1.807, 2.05) is 11.5 Å². The van der Waals surface area contributed by atoms with Crippen molar-refractivity contribution in [2.75, 3.05) is 6.54 Å². The van der Waals surface area contributed by atoms with E-state index in [9.17, 15) is 14.4 Å². The van der Waals surface area contributed by atoms with Gasteiger partial charge in [0.05, 0.1) is 28.9 Å². The molecule has 3 rings (SSSR count). The van der Waals surface area contributed by atoms with Crippen molar-refractivity contribution in [3.8, 4) is 0 Å². The Bertz CT molecular complexity index is 908. The third kappa shape index (κ3) is 2.38. The average Bonchev–Trinajstić information content (AvgIpc) is 2.86. The van der Waals surface area contributed by atoms with Crippen molar-refractivity contribution in [2.45, 2.75) is 26.3 Å². The number of nitrogens with zero attached hydrogens (tertiary/aromatic N) is 2. The number of fused-ring (bicyclic) bond motifs is 3. The van der Waals surface area contributed by atoms with Gasteiger partial charge in [-0.05, 0) is 18.6 Å². The number of hydrogen-bond donors (Lipinski definition) is 2.